The van der Waals surface area contributed by atoms with Crippen LogP contribution in [-0.4, -0.2) is 14.5 Å². The SMILES string of the molecule is Cn1c(-c2ccccc2Cl)nc(NNCc2ccccc2)nc1=O. The molecule has 3 aromatic rings. The molecule has 0 fully saturated rings. The summed E-state index contributed by atoms with van der Waals surface area (Å²) >= 11 is 6.21. The number of hydrogen-bond donors (Lipinski definition) is 2. The van der Waals surface area contributed by atoms with Gasteiger partial charge in [0.25, 0.3) is 0 Å². The molecule has 0 bridgehead atoms. The molecule has 0 amide bonds. The van der Waals surface area contributed by atoms with Gasteiger partial charge >= 0.3 is 5.69 Å². The van der Waals surface area contributed by atoms with Gasteiger partial charge in [-0.05, 0) is 17.7 Å². The summed E-state index contributed by atoms with van der Waals surface area (Å²) in [6, 6.07) is 17.1. The van der Waals surface area contributed by atoms with Gasteiger partial charge in [0.05, 0.1) is 5.02 Å². The first-order valence-corrected chi connectivity index (χ1v) is 7.76. The van der Waals surface area contributed by atoms with E-state index < -0.39 is 5.69 Å². The van der Waals surface area contributed by atoms with E-state index in [1.165, 1.54) is 4.57 Å². The predicted molar refractivity (Wildman–Crippen MR) is 94.6 cm³/mol. The number of hydrogen-bond acceptors (Lipinski definition) is 5. The average molecular weight is 342 g/mol. The summed E-state index contributed by atoms with van der Waals surface area (Å²) in [5.74, 6) is 0.647. The van der Waals surface area contributed by atoms with Crippen LogP contribution >= 0.6 is 11.6 Å². The van der Waals surface area contributed by atoms with Crippen LogP contribution in [0.1, 0.15) is 5.56 Å². The number of benzene rings is 2. The molecule has 122 valence electrons. The van der Waals surface area contributed by atoms with Crippen molar-refractivity contribution in [3.05, 3.63) is 75.7 Å². The van der Waals surface area contributed by atoms with Gasteiger partial charge in [0.1, 0.15) is 5.82 Å². The number of hydrazine groups is 1. The molecule has 0 unspecified atom stereocenters. The summed E-state index contributed by atoms with van der Waals surface area (Å²) in [5.41, 5.74) is 7.22. The fourth-order valence-corrected chi connectivity index (χ4v) is 2.44. The smallest absolute Gasteiger partial charge is 0.289 e. The summed E-state index contributed by atoms with van der Waals surface area (Å²) in [7, 11) is 1.61. The molecule has 0 aliphatic carbocycles. The zero-order valence-electron chi connectivity index (χ0n) is 13.0. The lowest BCUT2D eigenvalue weighted by Gasteiger charge is -2.11. The largest absolute Gasteiger partial charge is 0.352 e. The highest BCUT2D eigenvalue weighted by atomic mass is 35.5. The molecule has 0 aliphatic rings. The van der Waals surface area contributed by atoms with Gasteiger partial charge in [-0.15, -0.1) is 0 Å². The first-order chi connectivity index (χ1) is 11.6. The van der Waals surface area contributed by atoms with E-state index in [0.717, 1.165) is 5.56 Å². The van der Waals surface area contributed by atoms with Gasteiger partial charge in [-0.3, -0.25) is 9.99 Å². The maximum atomic E-state index is 12.1. The molecule has 6 nitrogen and oxygen atoms in total. The number of rotatable bonds is 5. The van der Waals surface area contributed by atoms with Gasteiger partial charge in [-0.25, -0.2) is 10.2 Å². The van der Waals surface area contributed by atoms with Gasteiger partial charge in [0.2, 0.25) is 5.95 Å². The minimum atomic E-state index is -0.413. The van der Waals surface area contributed by atoms with E-state index in [-0.39, 0.29) is 5.95 Å². The van der Waals surface area contributed by atoms with E-state index in [1.807, 2.05) is 48.5 Å². The van der Waals surface area contributed by atoms with Crippen LogP contribution in [0.15, 0.2) is 59.4 Å². The molecule has 0 saturated carbocycles. The number of halogens is 1. The Morgan fingerprint density at radius 3 is 2.50 bits per heavy atom. The van der Waals surface area contributed by atoms with Crippen LogP contribution in [0.4, 0.5) is 5.95 Å². The average Bonchev–Trinajstić information content (AvgIpc) is 2.59. The summed E-state index contributed by atoms with van der Waals surface area (Å²) < 4.78 is 1.36. The lowest BCUT2D eigenvalue weighted by atomic mass is 10.2. The van der Waals surface area contributed by atoms with E-state index in [1.54, 1.807) is 13.1 Å². The Morgan fingerprint density at radius 1 is 1.04 bits per heavy atom. The molecule has 3 rings (SSSR count). The van der Waals surface area contributed by atoms with Crippen molar-refractivity contribution >= 4 is 17.5 Å². The molecule has 1 heterocycles. The van der Waals surface area contributed by atoms with Crippen LogP contribution < -0.4 is 16.5 Å². The third-order valence-corrected chi connectivity index (χ3v) is 3.80. The van der Waals surface area contributed by atoms with Crippen LogP contribution in [0.5, 0.6) is 0 Å². The van der Waals surface area contributed by atoms with Crippen molar-refractivity contribution in [2.24, 2.45) is 7.05 Å². The number of nitrogens with one attached hydrogen (secondary N) is 2. The molecule has 0 spiro atoms. The molecule has 2 N–H and O–H groups in total. The monoisotopic (exact) mass is 341 g/mol. The Kier molecular flexibility index (Phi) is 4.88. The Hall–Kier alpha value is -2.70. The third-order valence-electron chi connectivity index (χ3n) is 3.47. The second kappa shape index (κ2) is 7.25. The predicted octanol–water partition coefficient (Wildman–Crippen LogP) is 2.61. The second-order valence-corrected chi connectivity index (χ2v) is 5.56. The van der Waals surface area contributed by atoms with Crippen molar-refractivity contribution in [2.45, 2.75) is 6.54 Å². The second-order valence-electron chi connectivity index (χ2n) is 5.16. The standard InChI is InChI=1S/C17H16ClN5O/c1-23-15(13-9-5-6-10-14(13)18)20-16(21-17(23)24)22-19-11-12-7-3-2-4-8-12/h2-10,19H,11H2,1H3,(H,21,22,24). The molecule has 0 aliphatic heterocycles. The Balaban J connectivity index is 1.82. The molecular formula is C17H16ClN5O. The molecule has 7 heteroatoms. The van der Waals surface area contributed by atoms with Crippen LogP contribution in [-0.2, 0) is 13.6 Å². The highest BCUT2D eigenvalue weighted by Gasteiger charge is 2.12. The van der Waals surface area contributed by atoms with Crippen molar-refractivity contribution in [1.82, 2.24) is 20.0 Å². The molecule has 2 aromatic carbocycles. The van der Waals surface area contributed by atoms with Crippen LogP contribution in [0.2, 0.25) is 5.02 Å². The first kappa shape index (κ1) is 16.2. The van der Waals surface area contributed by atoms with Crippen LogP contribution in [0, 0.1) is 0 Å². The molecule has 0 saturated heterocycles. The van der Waals surface area contributed by atoms with Gasteiger partial charge < -0.3 is 0 Å². The molecule has 1 aromatic heterocycles. The normalized spacial score (nSPS) is 10.6. The number of aromatic nitrogens is 3. The minimum Gasteiger partial charge on any atom is -0.289 e. The van der Waals surface area contributed by atoms with Crippen molar-refractivity contribution in [3.8, 4) is 11.4 Å². The minimum absolute atomic E-state index is 0.198. The highest BCUT2D eigenvalue weighted by Crippen LogP contribution is 2.25. The maximum Gasteiger partial charge on any atom is 0.352 e. The molecule has 0 radical (unpaired) electrons. The lowest BCUT2D eigenvalue weighted by molar-refractivity contribution is 0.747. The Bertz CT molecular complexity index is 895. The summed E-state index contributed by atoms with van der Waals surface area (Å²) in [4.78, 5) is 20.4. The van der Waals surface area contributed by atoms with Gasteiger partial charge in [0.15, 0.2) is 0 Å². The van der Waals surface area contributed by atoms with E-state index in [4.69, 9.17) is 11.6 Å². The van der Waals surface area contributed by atoms with E-state index in [2.05, 4.69) is 20.8 Å². The van der Waals surface area contributed by atoms with Crippen molar-refractivity contribution in [3.63, 3.8) is 0 Å². The fourth-order valence-electron chi connectivity index (χ4n) is 2.22. The van der Waals surface area contributed by atoms with Crippen molar-refractivity contribution in [2.75, 3.05) is 5.43 Å². The van der Waals surface area contributed by atoms with Gasteiger partial charge in [0, 0.05) is 19.2 Å². The summed E-state index contributed by atoms with van der Waals surface area (Å²) in [6.07, 6.45) is 0. The van der Waals surface area contributed by atoms with E-state index in [0.29, 0.717) is 23.0 Å². The Labute approximate surface area is 144 Å². The summed E-state index contributed by atoms with van der Waals surface area (Å²) in [6.45, 7) is 0.570. The Morgan fingerprint density at radius 2 is 1.75 bits per heavy atom. The molecule has 24 heavy (non-hydrogen) atoms. The van der Waals surface area contributed by atoms with E-state index in [9.17, 15) is 4.79 Å². The van der Waals surface area contributed by atoms with Gasteiger partial charge in [-0.1, -0.05) is 54.1 Å². The van der Waals surface area contributed by atoms with Crippen LogP contribution in [0.25, 0.3) is 11.4 Å². The summed E-state index contributed by atoms with van der Waals surface area (Å²) in [5, 5.41) is 0.523. The molecular weight excluding hydrogens is 326 g/mol. The zero-order valence-corrected chi connectivity index (χ0v) is 13.8. The number of nitrogens with zero attached hydrogens (tertiary/aromatic N) is 3. The quantitative estimate of drug-likeness (QED) is 0.698. The lowest BCUT2D eigenvalue weighted by Crippen LogP contribution is -2.29. The van der Waals surface area contributed by atoms with Crippen LogP contribution in [0.3, 0.4) is 0 Å². The fraction of sp³-hybridized carbons (Fsp3) is 0.118. The van der Waals surface area contributed by atoms with Crippen molar-refractivity contribution in [1.29, 1.82) is 0 Å². The van der Waals surface area contributed by atoms with Gasteiger partial charge in [-0.2, -0.15) is 9.97 Å². The molecule has 0 atom stereocenters. The first-order valence-electron chi connectivity index (χ1n) is 7.38. The van der Waals surface area contributed by atoms with E-state index >= 15 is 0 Å². The highest BCUT2D eigenvalue weighted by molar-refractivity contribution is 6.33. The number of anilines is 1. The van der Waals surface area contributed by atoms with Crippen molar-refractivity contribution < 1.29 is 0 Å². The zero-order chi connectivity index (χ0) is 16.9. The topological polar surface area (TPSA) is 71.8 Å². The third kappa shape index (κ3) is 3.61. The maximum absolute atomic E-state index is 12.1.